The number of carbonyl (C=O) groups excluding carboxylic acids is 1. The maximum absolute atomic E-state index is 13.1. The standard InChI is InChI=1S/C20H27N3O3S2/c1-13-14(2)18(10-21)20(22-15(13)3)27-11-19(24)23(16-6-4-5-7-16)17-8-9-28(25,26)12-17/h16-17H,4-9,11-12H2,1-3H3/t17-/m0/s1. The quantitative estimate of drug-likeness (QED) is 0.679. The number of nitriles is 1. The van der Waals surface area contributed by atoms with Crippen LogP contribution in [0.2, 0.25) is 0 Å². The fraction of sp³-hybridized carbons (Fsp3) is 0.650. The van der Waals surface area contributed by atoms with E-state index in [-0.39, 0.29) is 35.2 Å². The number of aryl methyl sites for hydroxylation is 1. The highest BCUT2D eigenvalue weighted by atomic mass is 32.2. The molecule has 0 N–H and O–H groups in total. The lowest BCUT2D eigenvalue weighted by Crippen LogP contribution is -2.47. The Bertz CT molecular complexity index is 916. The van der Waals surface area contributed by atoms with Crippen LogP contribution in [-0.4, -0.2) is 53.6 Å². The average Bonchev–Trinajstić information content (AvgIpc) is 3.28. The Morgan fingerprint density at radius 3 is 2.43 bits per heavy atom. The minimum Gasteiger partial charge on any atom is -0.335 e. The lowest BCUT2D eigenvalue weighted by atomic mass is 10.1. The monoisotopic (exact) mass is 421 g/mol. The minimum atomic E-state index is -3.05. The summed E-state index contributed by atoms with van der Waals surface area (Å²) in [5.41, 5.74) is 3.29. The summed E-state index contributed by atoms with van der Waals surface area (Å²) in [6, 6.07) is 2.14. The second-order valence-corrected chi connectivity index (χ2v) is 11.0. The first-order chi connectivity index (χ1) is 13.2. The molecule has 2 heterocycles. The minimum absolute atomic E-state index is 0.0411. The van der Waals surface area contributed by atoms with E-state index >= 15 is 0 Å². The summed E-state index contributed by atoms with van der Waals surface area (Å²) in [6.45, 7) is 5.76. The Morgan fingerprint density at radius 2 is 1.86 bits per heavy atom. The van der Waals surface area contributed by atoms with Crippen molar-refractivity contribution in [2.75, 3.05) is 17.3 Å². The number of nitrogens with zero attached hydrogens (tertiary/aromatic N) is 3. The summed E-state index contributed by atoms with van der Waals surface area (Å²) < 4.78 is 23.9. The summed E-state index contributed by atoms with van der Waals surface area (Å²) in [7, 11) is -3.05. The summed E-state index contributed by atoms with van der Waals surface area (Å²) in [5, 5.41) is 10.1. The number of rotatable bonds is 5. The van der Waals surface area contributed by atoms with E-state index in [1.807, 2.05) is 25.7 Å². The third-order valence-electron chi connectivity index (χ3n) is 6.02. The van der Waals surface area contributed by atoms with Crippen molar-refractivity contribution in [2.45, 2.75) is 70.0 Å². The van der Waals surface area contributed by atoms with Crippen molar-refractivity contribution in [1.82, 2.24) is 9.88 Å². The van der Waals surface area contributed by atoms with E-state index in [1.165, 1.54) is 11.8 Å². The van der Waals surface area contributed by atoms with Crippen LogP contribution in [0, 0.1) is 32.1 Å². The average molecular weight is 422 g/mol. The van der Waals surface area contributed by atoms with E-state index in [0.717, 1.165) is 42.5 Å². The smallest absolute Gasteiger partial charge is 0.233 e. The van der Waals surface area contributed by atoms with Gasteiger partial charge in [0.25, 0.3) is 0 Å². The number of hydrogen-bond acceptors (Lipinski definition) is 6. The second-order valence-electron chi connectivity index (χ2n) is 7.82. The number of amides is 1. The molecule has 1 aromatic heterocycles. The molecule has 2 aliphatic rings. The van der Waals surface area contributed by atoms with Crippen LogP contribution in [0.25, 0.3) is 0 Å². The molecule has 6 nitrogen and oxygen atoms in total. The highest BCUT2D eigenvalue weighted by Gasteiger charge is 2.38. The molecule has 1 saturated carbocycles. The Morgan fingerprint density at radius 1 is 1.18 bits per heavy atom. The molecule has 0 aromatic carbocycles. The number of thioether (sulfide) groups is 1. The Balaban J connectivity index is 1.79. The molecule has 1 saturated heterocycles. The molecular formula is C20H27N3O3S2. The molecule has 0 unspecified atom stereocenters. The van der Waals surface area contributed by atoms with Gasteiger partial charge in [-0.2, -0.15) is 5.26 Å². The molecule has 1 amide bonds. The van der Waals surface area contributed by atoms with Gasteiger partial charge in [-0.05, 0) is 51.2 Å². The van der Waals surface area contributed by atoms with Gasteiger partial charge < -0.3 is 4.90 Å². The van der Waals surface area contributed by atoms with Crippen LogP contribution in [0.3, 0.4) is 0 Å². The maximum atomic E-state index is 13.1. The van der Waals surface area contributed by atoms with Gasteiger partial charge in [0.15, 0.2) is 9.84 Å². The van der Waals surface area contributed by atoms with Gasteiger partial charge in [0.2, 0.25) is 5.91 Å². The van der Waals surface area contributed by atoms with E-state index in [9.17, 15) is 18.5 Å². The van der Waals surface area contributed by atoms with E-state index in [1.54, 1.807) is 0 Å². The molecule has 3 rings (SSSR count). The van der Waals surface area contributed by atoms with Crippen LogP contribution in [0.5, 0.6) is 0 Å². The van der Waals surface area contributed by atoms with Crippen LogP contribution < -0.4 is 0 Å². The predicted octanol–water partition coefficient (Wildman–Crippen LogP) is 2.93. The zero-order valence-electron chi connectivity index (χ0n) is 16.7. The normalized spacial score (nSPS) is 21.6. The first kappa shape index (κ1) is 21.1. The number of hydrogen-bond donors (Lipinski definition) is 0. The first-order valence-electron chi connectivity index (χ1n) is 9.75. The van der Waals surface area contributed by atoms with Crippen molar-refractivity contribution in [1.29, 1.82) is 5.26 Å². The van der Waals surface area contributed by atoms with Crippen molar-refractivity contribution < 1.29 is 13.2 Å². The fourth-order valence-electron chi connectivity index (χ4n) is 4.23. The molecule has 0 spiro atoms. The molecule has 28 heavy (non-hydrogen) atoms. The molecule has 1 aromatic rings. The molecule has 1 atom stereocenters. The summed E-state index contributed by atoms with van der Waals surface area (Å²) in [6.07, 6.45) is 4.57. The first-order valence-corrected chi connectivity index (χ1v) is 12.6. The van der Waals surface area contributed by atoms with E-state index in [4.69, 9.17) is 0 Å². The lowest BCUT2D eigenvalue weighted by molar-refractivity contribution is -0.132. The topological polar surface area (TPSA) is 91.1 Å². The highest BCUT2D eigenvalue weighted by molar-refractivity contribution is 8.00. The van der Waals surface area contributed by atoms with Crippen molar-refractivity contribution in [3.05, 3.63) is 22.4 Å². The SMILES string of the molecule is Cc1nc(SCC(=O)N(C2CCCC2)[C@H]2CCS(=O)(=O)C2)c(C#N)c(C)c1C. The molecule has 0 bridgehead atoms. The van der Waals surface area contributed by atoms with Gasteiger partial charge >= 0.3 is 0 Å². The molecule has 1 aliphatic heterocycles. The van der Waals surface area contributed by atoms with Gasteiger partial charge in [0.1, 0.15) is 11.1 Å². The van der Waals surface area contributed by atoms with Crippen LogP contribution in [0.15, 0.2) is 5.03 Å². The molecule has 2 fully saturated rings. The number of pyridine rings is 1. The van der Waals surface area contributed by atoms with Gasteiger partial charge in [-0.15, -0.1) is 0 Å². The van der Waals surface area contributed by atoms with Gasteiger partial charge in [0, 0.05) is 17.8 Å². The third kappa shape index (κ3) is 4.36. The summed E-state index contributed by atoms with van der Waals surface area (Å²) >= 11 is 1.29. The van der Waals surface area contributed by atoms with Crippen LogP contribution in [-0.2, 0) is 14.6 Å². The van der Waals surface area contributed by atoms with Crippen molar-refractivity contribution in [3.8, 4) is 6.07 Å². The molecule has 8 heteroatoms. The Kier molecular flexibility index (Phi) is 6.35. The number of carbonyl (C=O) groups is 1. The summed E-state index contributed by atoms with van der Waals surface area (Å²) in [5.74, 6) is 0.374. The van der Waals surface area contributed by atoms with Crippen molar-refractivity contribution in [3.63, 3.8) is 0 Å². The molecular weight excluding hydrogens is 394 g/mol. The zero-order valence-corrected chi connectivity index (χ0v) is 18.3. The van der Waals surface area contributed by atoms with E-state index < -0.39 is 9.84 Å². The maximum Gasteiger partial charge on any atom is 0.233 e. The number of sulfone groups is 1. The predicted molar refractivity (Wildman–Crippen MR) is 110 cm³/mol. The van der Waals surface area contributed by atoms with Gasteiger partial charge in [-0.25, -0.2) is 13.4 Å². The van der Waals surface area contributed by atoms with Crippen molar-refractivity contribution in [2.24, 2.45) is 0 Å². The highest BCUT2D eigenvalue weighted by Crippen LogP contribution is 2.31. The molecule has 1 aliphatic carbocycles. The molecule has 152 valence electrons. The van der Waals surface area contributed by atoms with E-state index in [2.05, 4.69) is 11.1 Å². The van der Waals surface area contributed by atoms with Crippen LogP contribution >= 0.6 is 11.8 Å². The third-order valence-corrected chi connectivity index (χ3v) is 8.73. The van der Waals surface area contributed by atoms with Gasteiger partial charge in [-0.3, -0.25) is 4.79 Å². The largest absolute Gasteiger partial charge is 0.335 e. The Labute approximate surface area is 171 Å². The van der Waals surface area contributed by atoms with Crippen LogP contribution in [0.1, 0.15) is 54.5 Å². The second kappa shape index (κ2) is 8.42. The lowest BCUT2D eigenvalue weighted by Gasteiger charge is -2.34. The zero-order chi connectivity index (χ0) is 20.5. The van der Waals surface area contributed by atoms with E-state index in [0.29, 0.717) is 17.0 Å². The number of aromatic nitrogens is 1. The molecule has 0 radical (unpaired) electrons. The Hall–Kier alpha value is -1.59. The van der Waals surface area contributed by atoms with Crippen LogP contribution in [0.4, 0.5) is 0 Å². The van der Waals surface area contributed by atoms with Crippen molar-refractivity contribution >= 4 is 27.5 Å². The van der Waals surface area contributed by atoms with Gasteiger partial charge in [-0.1, -0.05) is 24.6 Å². The summed E-state index contributed by atoms with van der Waals surface area (Å²) in [4.78, 5) is 19.5. The van der Waals surface area contributed by atoms with Gasteiger partial charge in [0.05, 0.1) is 22.8 Å². The fourth-order valence-corrected chi connectivity index (χ4v) is 6.90.